The molecule has 1 amide bonds. The maximum atomic E-state index is 14.2. The molecule has 8 heteroatoms. The summed E-state index contributed by atoms with van der Waals surface area (Å²) in [5.74, 6) is -1.16. The zero-order valence-electron chi connectivity index (χ0n) is 14.9. The molecule has 0 aliphatic carbocycles. The van der Waals surface area contributed by atoms with E-state index in [0.717, 1.165) is 63.5 Å². The molecule has 0 bridgehead atoms. The number of rotatable bonds is 5. The van der Waals surface area contributed by atoms with E-state index in [9.17, 15) is 17.6 Å². The topological polar surface area (TPSA) is 83.7 Å². The number of carbonyl (C=O) groups is 1. The standard InChI is InChI=1S/C18H26FN3O3S/c19-17-7-6-15(26(20,24)25)13-16(17)18(23)22-11-2-1-5-14(22)8-12-21-9-3-4-10-21/h6-7,13-14H,1-5,8-12H2,(H2,20,24,25)/t14-/m0/s1. The van der Waals surface area contributed by atoms with E-state index in [1.165, 1.54) is 12.8 Å². The SMILES string of the molecule is NS(=O)(=O)c1ccc(F)c(C(=O)N2CCCC[C@H]2CCN2CCCC2)c1. The Morgan fingerprint density at radius 2 is 1.85 bits per heavy atom. The van der Waals surface area contributed by atoms with Gasteiger partial charge in [-0.1, -0.05) is 0 Å². The van der Waals surface area contributed by atoms with Crippen LogP contribution < -0.4 is 5.14 Å². The third-order valence-electron chi connectivity index (χ3n) is 5.36. The third kappa shape index (κ3) is 4.42. The lowest BCUT2D eigenvalue weighted by Crippen LogP contribution is -2.45. The van der Waals surface area contributed by atoms with E-state index < -0.39 is 21.7 Å². The van der Waals surface area contributed by atoms with Gasteiger partial charge in [-0.3, -0.25) is 4.79 Å². The lowest BCUT2D eigenvalue weighted by molar-refractivity contribution is 0.0583. The lowest BCUT2D eigenvalue weighted by Gasteiger charge is -2.37. The molecule has 2 aliphatic rings. The van der Waals surface area contributed by atoms with Gasteiger partial charge in [0.25, 0.3) is 5.91 Å². The first-order valence-corrected chi connectivity index (χ1v) is 10.8. The van der Waals surface area contributed by atoms with Crippen molar-refractivity contribution in [3.63, 3.8) is 0 Å². The highest BCUT2D eigenvalue weighted by molar-refractivity contribution is 7.89. The number of benzene rings is 1. The van der Waals surface area contributed by atoms with Gasteiger partial charge in [-0.05, 0) is 69.8 Å². The number of likely N-dealkylation sites (tertiary alicyclic amines) is 2. The molecule has 2 heterocycles. The molecule has 26 heavy (non-hydrogen) atoms. The maximum Gasteiger partial charge on any atom is 0.257 e. The number of sulfonamides is 1. The van der Waals surface area contributed by atoms with Crippen LogP contribution in [0.25, 0.3) is 0 Å². The van der Waals surface area contributed by atoms with Gasteiger partial charge in [0.05, 0.1) is 10.5 Å². The van der Waals surface area contributed by atoms with Crippen molar-refractivity contribution in [2.45, 2.75) is 49.5 Å². The maximum absolute atomic E-state index is 14.2. The highest BCUT2D eigenvalue weighted by atomic mass is 32.2. The smallest absolute Gasteiger partial charge is 0.257 e. The molecule has 2 fully saturated rings. The quantitative estimate of drug-likeness (QED) is 0.842. The Hall–Kier alpha value is -1.51. The summed E-state index contributed by atoms with van der Waals surface area (Å²) in [6.45, 7) is 3.72. The minimum Gasteiger partial charge on any atom is -0.336 e. The van der Waals surface area contributed by atoms with E-state index in [1.807, 2.05) is 0 Å². The highest BCUT2D eigenvalue weighted by Crippen LogP contribution is 2.25. The zero-order valence-corrected chi connectivity index (χ0v) is 15.7. The van der Waals surface area contributed by atoms with E-state index in [0.29, 0.717) is 6.54 Å². The Labute approximate surface area is 154 Å². The van der Waals surface area contributed by atoms with Crippen molar-refractivity contribution in [3.8, 4) is 0 Å². The molecule has 0 aromatic heterocycles. The molecule has 0 radical (unpaired) electrons. The van der Waals surface area contributed by atoms with Gasteiger partial charge in [0.2, 0.25) is 10.0 Å². The van der Waals surface area contributed by atoms with Gasteiger partial charge in [0, 0.05) is 19.1 Å². The van der Waals surface area contributed by atoms with E-state index >= 15 is 0 Å². The predicted molar refractivity (Wildman–Crippen MR) is 96.7 cm³/mol. The molecule has 6 nitrogen and oxygen atoms in total. The van der Waals surface area contributed by atoms with Gasteiger partial charge in [0.1, 0.15) is 5.82 Å². The number of primary sulfonamides is 1. The summed E-state index contributed by atoms with van der Waals surface area (Å²) >= 11 is 0. The molecule has 2 saturated heterocycles. The molecular weight excluding hydrogens is 357 g/mol. The van der Waals surface area contributed by atoms with Crippen LogP contribution in [0.2, 0.25) is 0 Å². The lowest BCUT2D eigenvalue weighted by atomic mass is 9.98. The Balaban J connectivity index is 1.77. The number of hydrogen-bond donors (Lipinski definition) is 1. The fourth-order valence-corrected chi connectivity index (χ4v) is 4.45. The number of hydrogen-bond acceptors (Lipinski definition) is 4. The fraction of sp³-hybridized carbons (Fsp3) is 0.611. The summed E-state index contributed by atoms with van der Waals surface area (Å²) < 4.78 is 37.3. The molecule has 1 aromatic rings. The van der Waals surface area contributed by atoms with Crippen LogP contribution in [-0.4, -0.2) is 56.3 Å². The van der Waals surface area contributed by atoms with Crippen molar-refractivity contribution in [3.05, 3.63) is 29.6 Å². The number of carbonyl (C=O) groups excluding carboxylic acids is 1. The van der Waals surface area contributed by atoms with Gasteiger partial charge < -0.3 is 9.80 Å². The molecule has 3 rings (SSSR count). The summed E-state index contributed by atoms with van der Waals surface area (Å²) in [6, 6.07) is 3.20. The Kier molecular flexibility index (Phi) is 5.94. The van der Waals surface area contributed by atoms with Crippen molar-refractivity contribution in [1.29, 1.82) is 0 Å². The first-order chi connectivity index (χ1) is 12.4. The summed E-state index contributed by atoms with van der Waals surface area (Å²) in [7, 11) is -3.99. The van der Waals surface area contributed by atoms with E-state index in [1.54, 1.807) is 4.90 Å². The summed E-state index contributed by atoms with van der Waals surface area (Å²) in [5, 5.41) is 5.12. The van der Waals surface area contributed by atoms with E-state index in [2.05, 4.69) is 4.90 Å². The molecule has 2 aliphatic heterocycles. The first kappa shape index (κ1) is 19.3. The zero-order chi connectivity index (χ0) is 18.7. The molecule has 0 saturated carbocycles. The van der Waals surface area contributed by atoms with Crippen molar-refractivity contribution in [2.75, 3.05) is 26.2 Å². The Morgan fingerprint density at radius 1 is 1.15 bits per heavy atom. The second-order valence-electron chi connectivity index (χ2n) is 7.17. The second-order valence-corrected chi connectivity index (χ2v) is 8.73. The molecule has 1 aromatic carbocycles. The van der Waals surface area contributed by atoms with Gasteiger partial charge in [0.15, 0.2) is 0 Å². The largest absolute Gasteiger partial charge is 0.336 e. The molecule has 1 atom stereocenters. The summed E-state index contributed by atoms with van der Waals surface area (Å²) in [5.41, 5.74) is -0.218. The fourth-order valence-electron chi connectivity index (χ4n) is 3.91. The average Bonchev–Trinajstić information content (AvgIpc) is 3.12. The summed E-state index contributed by atoms with van der Waals surface area (Å²) in [4.78, 5) is 16.8. The molecule has 2 N–H and O–H groups in total. The Bertz CT molecular complexity index is 763. The van der Waals surface area contributed by atoms with Crippen molar-refractivity contribution in [1.82, 2.24) is 9.80 Å². The number of halogens is 1. The molecular formula is C18H26FN3O3S. The number of piperidine rings is 1. The Morgan fingerprint density at radius 3 is 2.54 bits per heavy atom. The van der Waals surface area contributed by atoms with Gasteiger partial charge >= 0.3 is 0 Å². The summed E-state index contributed by atoms with van der Waals surface area (Å²) in [6.07, 6.45) is 6.13. The van der Waals surface area contributed by atoms with Crippen LogP contribution in [0.1, 0.15) is 48.9 Å². The van der Waals surface area contributed by atoms with Crippen molar-refractivity contribution < 1.29 is 17.6 Å². The minimum absolute atomic E-state index is 0.0642. The average molecular weight is 383 g/mol. The van der Waals surface area contributed by atoms with Crippen LogP contribution in [0.3, 0.4) is 0 Å². The van der Waals surface area contributed by atoms with Crippen LogP contribution >= 0.6 is 0 Å². The van der Waals surface area contributed by atoms with Gasteiger partial charge in [-0.25, -0.2) is 17.9 Å². The minimum atomic E-state index is -3.99. The van der Waals surface area contributed by atoms with Gasteiger partial charge in [-0.2, -0.15) is 0 Å². The predicted octanol–water partition coefficient (Wildman–Crippen LogP) is 1.95. The normalized spacial score (nSPS) is 21.9. The molecule has 0 spiro atoms. The van der Waals surface area contributed by atoms with Crippen LogP contribution in [0.5, 0.6) is 0 Å². The second kappa shape index (κ2) is 8.02. The molecule has 144 valence electrons. The van der Waals surface area contributed by atoms with Crippen molar-refractivity contribution in [2.24, 2.45) is 5.14 Å². The highest BCUT2D eigenvalue weighted by Gasteiger charge is 2.30. The van der Waals surface area contributed by atoms with Crippen molar-refractivity contribution >= 4 is 15.9 Å². The monoisotopic (exact) mass is 383 g/mol. The molecule has 0 unspecified atom stereocenters. The number of nitrogens with zero attached hydrogens (tertiary/aromatic N) is 2. The van der Waals surface area contributed by atoms with E-state index in [-0.39, 0.29) is 16.5 Å². The van der Waals surface area contributed by atoms with E-state index in [4.69, 9.17) is 5.14 Å². The van der Waals surface area contributed by atoms with Crippen LogP contribution in [-0.2, 0) is 10.0 Å². The van der Waals surface area contributed by atoms with Crippen LogP contribution in [0, 0.1) is 5.82 Å². The number of nitrogens with two attached hydrogens (primary N) is 1. The van der Waals surface area contributed by atoms with Crippen LogP contribution in [0.15, 0.2) is 23.1 Å². The van der Waals surface area contributed by atoms with Gasteiger partial charge in [-0.15, -0.1) is 0 Å². The number of amides is 1. The first-order valence-electron chi connectivity index (χ1n) is 9.22. The third-order valence-corrected chi connectivity index (χ3v) is 6.27. The van der Waals surface area contributed by atoms with Crippen LogP contribution in [0.4, 0.5) is 4.39 Å².